The monoisotopic (exact) mass is 293 g/mol. The molecule has 5 heteroatoms. The number of hydrogen-bond acceptors (Lipinski definition) is 2. The molecule has 0 aromatic rings. The highest BCUT2D eigenvalue weighted by atomic mass is 16.2. The van der Waals surface area contributed by atoms with Crippen LogP contribution in [-0.4, -0.2) is 54.5 Å². The molecule has 2 saturated carbocycles. The van der Waals surface area contributed by atoms with Crippen molar-refractivity contribution in [3.05, 3.63) is 0 Å². The van der Waals surface area contributed by atoms with E-state index in [-0.39, 0.29) is 11.9 Å². The second-order valence-electron chi connectivity index (χ2n) is 6.78. The maximum absolute atomic E-state index is 12.5. The molecule has 21 heavy (non-hydrogen) atoms. The van der Waals surface area contributed by atoms with Gasteiger partial charge in [0.25, 0.3) is 0 Å². The third-order valence-corrected chi connectivity index (χ3v) is 5.04. The first-order valence-corrected chi connectivity index (χ1v) is 8.55. The van der Waals surface area contributed by atoms with Crippen molar-refractivity contribution in [2.75, 3.05) is 32.7 Å². The van der Waals surface area contributed by atoms with Crippen LogP contribution in [0.5, 0.6) is 0 Å². The summed E-state index contributed by atoms with van der Waals surface area (Å²) in [5, 5.41) is 3.02. The standard InChI is InChI=1S/C16H27N3O2/c20-15(14-4-1-2-5-14)18-8-3-9-19(11-10-18)16(21)17-12-13-6-7-13/h13-14H,1-12H2,(H,17,21). The number of hydrogen-bond donors (Lipinski definition) is 1. The van der Waals surface area contributed by atoms with Crippen molar-refractivity contribution < 1.29 is 9.59 Å². The van der Waals surface area contributed by atoms with Crippen LogP contribution >= 0.6 is 0 Å². The van der Waals surface area contributed by atoms with Gasteiger partial charge in [-0.05, 0) is 38.0 Å². The Balaban J connectivity index is 1.46. The number of rotatable bonds is 3. The van der Waals surface area contributed by atoms with E-state index in [1.54, 1.807) is 0 Å². The first kappa shape index (κ1) is 14.7. The molecule has 2 aliphatic carbocycles. The molecule has 3 amide bonds. The van der Waals surface area contributed by atoms with Crippen molar-refractivity contribution in [3.8, 4) is 0 Å². The van der Waals surface area contributed by atoms with Crippen molar-refractivity contribution >= 4 is 11.9 Å². The van der Waals surface area contributed by atoms with Crippen LogP contribution in [-0.2, 0) is 4.79 Å². The normalized spacial score (nSPS) is 24.0. The fourth-order valence-corrected chi connectivity index (χ4v) is 3.44. The molecule has 0 atom stereocenters. The highest BCUT2D eigenvalue weighted by molar-refractivity contribution is 5.79. The van der Waals surface area contributed by atoms with Crippen LogP contribution in [0.3, 0.4) is 0 Å². The van der Waals surface area contributed by atoms with Gasteiger partial charge in [0.15, 0.2) is 0 Å². The Hall–Kier alpha value is -1.26. The Morgan fingerprint density at radius 3 is 2.24 bits per heavy atom. The minimum Gasteiger partial charge on any atom is -0.341 e. The number of carbonyl (C=O) groups is 2. The van der Waals surface area contributed by atoms with Crippen LogP contribution in [0.25, 0.3) is 0 Å². The Kier molecular flexibility index (Phi) is 4.66. The summed E-state index contributed by atoms with van der Waals surface area (Å²) in [4.78, 5) is 28.5. The SMILES string of the molecule is O=C(NCC1CC1)N1CCCN(C(=O)C2CCCC2)CC1. The molecule has 1 aliphatic heterocycles. The van der Waals surface area contributed by atoms with Gasteiger partial charge in [-0.3, -0.25) is 4.79 Å². The summed E-state index contributed by atoms with van der Waals surface area (Å²) in [7, 11) is 0. The largest absolute Gasteiger partial charge is 0.341 e. The summed E-state index contributed by atoms with van der Waals surface area (Å²) in [6, 6.07) is 0.0528. The van der Waals surface area contributed by atoms with Crippen molar-refractivity contribution in [2.45, 2.75) is 44.9 Å². The average Bonchev–Trinajstić information content (AvgIpc) is 3.23. The predicted molar refractivity (Wildman–Crippen MR) is 80.9 cm³/mol. The first-order valence-electron chi connectivity index (χ1n) is 8.55. The van der Waals surface area contributed by atoms with Gasteiger partial charge < -0.3 is 15.1 Å². The second kappa shape index (κ2) is 6.67. The summed E-state index contributed by atoms with van der Waals surface area (Å²) in [5.74, 6) is 1.29. The van der Waals surface area contributed by atoms with Gasteiger partial charge in [-0.25, -0.2) is 4.79 Å². The maximum atomic E-state index is 12.5. The van der Waals surface area contributed by atoms with E-state index in [0.717, 1.165) is 38.9 Å². The third-order valence-electron chi connectivity index (χ3n) is 5.04. The maximum Gasteiger partial charge on any atom is 0.317 e. The summed E-state index contributed by atoms with van der Waals surface area (Å²) < 4.78 is 0. The van der Waals surface area contributed by atoms with Crippen molar-refractivity contribution in [2.24, 2.45) is 11.8 Å². The minimum absolute atomic E-state index is 0.0528. The van der Waals surface area contributed by atoms with Gasteiger partial charge in [0.2, 0.25) is 5.91 Å². The quantitative estimate of drug-likeness (QED) is 0.863. The van der Waals surface area contributed by atoms with Crippen LogP contribution in [0, 0.1) is 11.8 Å². The van der Waals surface area contributed by atoms with Crippen LogP contribution in [0.15, 0.2) is 0 Å². The molecule has 0 bridgehead atoms. The first-order chi connectivity index (χ1) is 10.2. The number of carbonyl (C=O) groups excluding carboxylic acids is 2. The van der Waals surface area contributed by atoms with Gasteiger partial charge >= 0.3 is 6.03 Å². The predicted octanol–water partition coefficient (Wildman–Crippen LogP) is 1.83. The van der Waals surface area contributed by atoms with Gasteiger partial charge in [0, 0.05) is 38.6 Å². The van der Waals surface area contributed by atoms with Crippen molar-refractivity contribution in [1.29, 1.82) is 0 Å². The molecule has 0 unspecified atom stereocenters. The Morgan fingerprint density at radius 1 is 0.857 bits per heavy atom. The molecule has 3 fully saturated rings. The van der Waals surface area contributed by atoms with Crippen molar-refractivity contribution in [3.63, 3.8) is 0 Å². The lowest BCUT2D eigenvalue weighted by Crippen LogP contribution is -2.43. The summed E-state index contributed by atoms with van der Waals surface area (Å²) >= 11 is 0. The van der Waals surface area contributed by atoms with Gasteiger partial charge in [0.1, 0.15) is 0 Å². The number of amides is 3. The van der Waals surface area contributed by atoms with Crippen LogP contribution < -0.4 is 5.32 Å². The average molecular weight is 293 g/mol. The number of urea groups is 1. The molecule has 3 aliphatic rings. The zero-order valence-electron chi connectivity index (χ0n) is 12.9. The molecular weight excluding hydrogens is 266 g/mol. The number of nitrogens with zero attached hydrogens (tertiary/aromatic N) is 2. The van der Waals surface area contributed by atoms with Gasteiger partial charge in [-0.2, -0.15) is 0 Å². The lowest BCUT2D eigenvalue weighted by Gasteiger charge is -2.24. The molecule has 0 radical (unpaired) electrons. The Morgan fingerprint density at radius 2 is 1.52 bits per heavy atom. The zero-order valence-corrected chi connectivity index (χ0v) is 12.9. The highest BCUT2D eigenvalue weighted by Gasteiger charge is 2.29. The summed E-state index contributed by atoms with van der Waals surface area (Å²) in [6.45, 7) is 3.77. The van der Waals surface area contributed by atoms with Gasteiger partial charge in [-0.1, -0.05) is 12.8 Å². The van der Waals surface area contributed by atoms with E-state index in [2.05, 4.69) is 5.32 Å². The van der Waals surface area contributed by atoms with E-state index in [1.807, 2.05) is 9.80 Å². The highest BCUT2D eigenvalue weighted by Crippen LogP contribution is 2.28. The fraction of sp³-hybridized carbons (Fsp3) is 0.875. The Bertz CT molecular complexity index is 389. The summed E-state index contributed by atoms with van der Waals surface area (Å²) in [6.07, 6.45) is 7.91. The van der Waals surface area contributed by atoms with E-state index >= 15 is 0 Å². The van der Waals surface area contributed by atoms with Gasteiger partial charge in [0.05, 0.1) is 0 Å². The molecule has 0 aromatic carbocycles. The minimum atomic E-state index is 0.0528. The smallest absolute Gasteiger partial charge is 0.317 e. The molecule has 5 nitrogen and oxygen atoms in total. The van der Waals surface area contributed by atoms with E-state index in [4.69, 9.17) is 0 Å². The Labute approximate surface area is 127 Å². The second-order valence-corrected chi connectivity index (χ2v) is 6.78. The van der Waals surface area contributed by atoms with Crippen LogP contribution in [0.4, 0.5) is 4.79 Å². The van der Waals surface area contributed by atoms with Crippen LogP contribution in [0.2, 0.25) is 0 Å². The molecule has 1 saturated heterocycles. The summed E-state index contributed by atoms with van der Waals surface area (Å²) in [5.41, 5.74) is 0. The van der Waals surface area contributed by atoms with E-state index in [0.29, 0.717) is 24.9 Å². The molecule has 0 spiro atoms. The van der Waals surface area contributed by atoms with Crippen molar-refractivity contribution in [1.82, 2.24) is 15.1 Å². The topological polar surface area (TPSA) is 52.7 Å². The zero-order chi connectivity index (χ0) is 14.7. The van der Waals surface area contributed by atoms with E-state index in [1.165, 1.54) is 25.7 Å². The lowest BCUT2D eigenvalue weighted by atomic mass is 10.1. The van der Waals surface area contributed by atoms with Crippen LogP contribution in [0.1, 0.15) is 44.9 Å². The van der Waals surface area contributed by atoms with Gasteiger partial charge in [-0.15, -0.1) is 0 Å². The molecular formula is C16H27N3O2. The van der Waals surface area contributed by atoms with E-state index < -0.39 is 0 Å². The third kappa shape index (κ3) is 3.89. The molecule has 3 rings (SSSR count). The molecule has 0 aromatic heterocycles. The fourth-order valence-electron chi connectivity index (χ4n) is 3.44. The molecule has 118 valence electrons. The number of nitrogens with one attached hydrogen (secondary N) is 1. The van der Waals surface area contributed by atoms with E-state index in [9.17, 15) is 9.59 Å². The molecule has 1 N–H and O–H groups in total. The lowest BCUT2D eigenvalue weighted by molar-refractivity contribution is -0.135. The molecule has 1 heterocycles.